The van der Waals surface area contributed by atoms with Crippen molar-refractivity contribution in [3.05, 3.63) is 18.1 Å². The Kier molecular flexibility index (Phi) is 4.52. The summed E-state index contributed by atoms with van der Waals surface area (Å²) in [6.45, 7) is 4.27. The zero-order valence-corrected chi connectivity index (χ0v) is 14.1. The lowest BCUT2D eigenvalue weighted by molar-refractivity contribution is 0.0702. The average Bonchev–Trinajstić information content (AvgIpc) is 3.18. The first kappa shape index (κ1) is 16.2. The van der Waals surface area contributed by atoms with Crippen LogP contribution in [0.1, 0.15) is 36.7 Å². The predicted molar refractivity (Wildman–Crippen MR) is 87.2 cm³/mol. The molecule has 0 aliphatic carbocycles. The second-order valence-electron chi connectivity index (χ2n) is 6.10. The van der Waals surface area contributed by atoms with Crippen LogP contribution in [0, 0.1) is 0 Å². The van der Waals surface area contributed by atoms with Crippen LogP contribution in [-0.4, -0.2) is 66.4 Å². The molecule has 7 nitrogen and oxygen atoms in total. The van der Waals surface area contributed by atoms with Gasteiger partial charge in [0.05, 0.1) is 23.9 Å². The normalized spacial score (nSPS) is 23.2. The number of carbonyl (C=O) groups is 1. The Hall–Kier alpha value is -1.70. The molecule has 2 aliphatic heterocycles. The van der Waals surface area contributed by atoms with Crippen LogP contribution >= 0.6 is 0 Å². The number of anilines is 1. The first-order chi connectivity index (χ1) is 11.0. The Bertz CT molecular complexity index is 668. The van der Waals surface area contributed by atoms with Crippen molar-refractivity contribution in [2.24, 2.45) is 0 Å². The first-order valence-corrected chi connectivity index (χ1v) is 9.90. The second-order valence-corrected chi connectivity index (χ2v) is 8.33. The smallest absolute Gasteiger partial charge is 0.274 e. The van der Waals surface area contributed by atoms with Crippen molar-refractivity contribution in [3.63, 3.8) is 0 Å². The molecule has 0 bridgehead atoms. The molecule has 0 saturated carbocycles. The highest BCUT2D eigenvalue weighted by Gasteiger charge is 2.34. The van der Waals surface area contributed by atoms with Gasteiger partial charge in [-0.3, -0.25) is 4.79 Å². The Morgan fingerprint density at radius 2 is 2.04 bits per heavy atom. The summed E-state index contributed by atoms with van der Waals surface area (Å²) in [5.41, 5.74) is 0.277. The van der Waals surface area contributed by atoms with Crippen LogP contribution in [0.25, 0.3) is 0 Å². The lowest BCUT2D eigenvalue weighted by Crippen LogP contribution is -2.41. The summed E-state index contributed by atoms with van der Waals surface area (Å²) in [5, 5.41) is 0. The van der Waals surface area contributed by atoms with Crippen LogP contribution in [-0.2, 0) is 9.84 Å². The van der Waals surface area contributed by atoms with E-state index >= 15 is 0 Å². The number of aromatic nitrogens is 2. The van der Waals surface area contributed by atoms with E-state index in [0.717, 1.165) is 31.7 Å². The van der Waals surface area contributed by atoms with Crippen molar-refractivity contribution in [1.82, 2.24) is 14.9 Å². The van der Waals surface area contributed by atoms with Crippen molar-refractivity contribution in [1.29, 1.82) is 0 Å². The summed E-state index contributed by atoms with van der Waals surface area (Å²) >= 11 is 0. The molecule has 2 fully saturated rings. The number of hydrogen-bond donors (Lipinski definition) is 0. The number of rotatable bonds is 4. The van der Waals surface area contributed by atoms with E-state index in [2.05, 4.69) is 14.9 Å². The maximum Gasteiger partial charge on any atom is 0.274 e. The van der Waals surface area contributed by atoms with Gasteiger partial charge in [-0.05, 0) is 26.2 Å². The second kappa shape index (κ2) is 6.43. The number of nitrogens with zero attached hydrogens (tertiary/aromatic N) is 4. The predicted octanol–water partition coefficient (Wildman–Crippen LogP) is 0.726. The van der Waals surface area contributed by atoms with Gasteiger partial charge < -0.3 is 9.80 Å². The van der Waals surface area contributed by atoms with Crippen LogP contribution in [0.4, 0.5) is 5.82 Å². The molecule has 0 aromatic carbocycles. The monoisotopic (exact) mass is 338 g/mol. The van der Waals surface area contributed by atoms with Crippen LogP contribution < -0.4 is 4.90 Å². The standard InChI is InChI=1S/C15H22N4O3S/c1-2-19(12-5-8-23(21,22)11-12)15(20)13-9-17-14(10-16-13)18-6-3-4-7-18/h9-10,12H,2-8,11H2,1H3. The molecule has 23 heavy (non-hydrogen) atoms. The fourth-order valence-electron chi connectivity index (χ4n) is 3.28. The molecule has 2 aliphatic rings. The molecular formula is C15H22N4O3S. The SMILES string of the molecule is CCN(C(=O)c1cnc(N2CCCC2)cn1)C1CCS(=O)(=O)C1. The first-order valence-electron chi connectivity index (χ1n) is 8.08. The summed E-state index contributed by atoms with van der Waals surface area (Å²) in [6.07, 6.45) is 5.95. The number of hydrogen-bond acceptors (Lipinski definition) is 6. The molecule has 0 radical (unpaired) electrons. The maximum absolute atomic E-state index is 12.6. The Morgan fingerprint density at radius 3 is 2.57 bits per heavy atom. The average molecular weight is 338 g/mol. The zero-order chi connectivity index (χ0) is 16.4. The highest BCUT2D eigenvalue weighted by Crippen LogP contribution is 2.20. The van der Waals surface area contributed by atoms with E-state index in [1.807, 2.05) is 6.92 Å². The van der Waals surface area contributed by atoms with Gasteiger partial charge in [-0.1, -0.05) is 0 Å². The van der Waals surface area contributed by atoms with Gasteiger partial charge in [0.25, 0.3) is 5.91 Å². The maximum atomic E-state index is 12.6. The highest BCUT2D eigenvalue weighted by molar-refractivity contribution is 7.91. The number of carbonyl (C=O) groups excluding carboxylic acids is 1. The van der Waals surface area contributed by atoms with Gasteiger partial charge in [-0.2, -0.15) is 0 Å². The molecule has 1 unspecified atom stereocenters. The van der Waals surface area contributed by atoms with Crippen molar-refractivity contribution in [2.45, 2.75) is 32.2 Å². The van der Waals surface area contributed by atoms with Crippen molar-refractivity contribution in [2.75, 3.05) is 36.0 Å². The molecule has 8 heteroatoms. The summed E-state index contributed by atoms with van der Waals surface area (Å²) in [6, 6.07) is -0.252. The molecule has 1 atom stereocenters. The minimum atomic E-state index is -3.02. The fourth-order valence-corrected chi connectivity index (χ4v) is 5.01. The van der Waals surface area contributed by atoms with Gasteiger partial charge in [-0.25, -0.2) is 18.4 Å². The van der Waals surface area contributed by atoms with Crippen LogP contribution in [0.2, 0.25) is 0 Å². The van der Waals surface area contributed by atoms with E-state index < -0.39 is 9.84 Å². The Balaban J connectivity index is 1.73. The van der Waals surface area contributed by atoms with E-state index in [1.165, 1.54) is 6.20 Å². The summed E-state index contributed by atoms with van der Waals surface area (Å²) in [7, 11) is -3.02. The fraction of sp³-hybridized carbons (Fsp3) is 0.667. The van der Waals surface area contributed by atoms with Crippen molar-refractivity contribution < 1.29 is 13.2 Å². The van der Waals surface area contributed by atoms with Gasteiger partial charge in [-0.15, -0.1) is 0 Å². The minimum absolute atomic E-state index is 0.0475. The van der Waals surface area contributed by atoms with Gasteiger partial charge >= 0.3 is 0 Å². The molecule has 3 rings (SSSR count). The van der Waals surface area contributed by atoms with Gasteiger partial charge in [0.1, 0.15) is 11.5 Å². The van der Waals surface area contributed by atoms with E-state index in [-0.39, 0.29) is 29.1 Å². The Morgan fingerprint density at radius 1 is 1.30 bits per heavy atom. The van der Waals surface area contributed by atoms with E-state index in [0.29, 0.717) is 13.0 Å². The quantitative estimate of drug-likeness (QED) is 0.805. The summed E-state index contributed by atoms with van der Waals surface area (Å²) in [5.74, 6) is 0.757. The van der Waals surface area contributed by atoms with E-state index in [4.69, 9.17) is 0 Å². The highest BCUT2D eigenvalue weighted by atomic mass is 32.2. The molecule has 3 heterocycles. The van der Waals surface area contributed by atoms with Gasteiger partial charge in [0.15, 0.2) is 9.84 Å². The summed E-state index contributed by atoms with van der Waals surface area (Å²) < 4.78 is 23.3. The van der Waals surface area contributed by atoms with Gasteiger partial charge in [0.2, 0.25) is 0 Å². The summed E-state index contributed by atoms with van der Waals surface area (Å²) in [4.78, 5) is 25.0. The lowest BCUT2D eigenvalue weighted by Gasteiger charge is -2.26. The number of sulfone groups is 1. The minimum Gasteiger partial charge on any atom is -0.355 e. The molecule has 126 valence electrons. The third kappa shape index (κ3) is 3.46. The molecule has 0 spiro atoms. The molecule has 0 N–H and O–H groups in total. The third-order valence-corrected chi connectivity index (χ3v) is 6.29. The third-order valence-electron chi connectivity index (χ3n) is 4.54. The van der Waals surface area contributed by atoms with Crippen molar-refractivity contribution >= 4 is 21.6 Å². The lowest BCUT2D eigenvalue weighted by atomic mass is 10.2. The molecule has 2 saturated heterocycles. The molecular weight excluding hydrogens is 316 g/mol. The van der Waals surface area contributed by atoms with Crippen molar-refractivity contribution in [3.8, 4) is 0 Å². The van der Waals surface area contributed by atoms with Crippen LogP contribution in [0.3, 0.4) is 0 Å². The van der Waals surface area contributed by atoms with Gasteiger partial charge in [0, 0.05) is 25.7 Å². The number of amides is 1. The van der Waals surface area contributed by atoms with Crippen LogP contribution in [0.15, 0.2) is 12.4 Å². The Labute approximate surface area is 136 Å². The largest absolute Gasteiger partial charge is 0.355 e. The molecule has 1 aromatic heterocycles. The van der Waals surface area contributed by atoms with E-state index in [9.17, 15) is 13.2 Å². The topological polar surface area (TPSA) is 83.5 Å². The zero-order valence-electron chi connectivity index (χ0n) is 13.3. The molecule has 1 amide bonds. The van der Waals surface area contributed by atoms with Crippen LogP contribution in [0.5, 0.6) is 0 Å². The molecule has 1 aromatic rings. The van der Waals surface area contributed by atoms with E-state index in [1.54, 1.807) is 11.1 Å².